The number of benzene rings is 6. The van der Waals surface area contributed by atoms with Crippen LogP contribution in [-0.4, -0.2) is 19.9 Å². The molecule has 0 saturated carbocycles. The van der Waals surface area contributed by atoms with Crippen molar-refractivity contribution >= 4 is 0 Å². The predicted octanol–water partition coefficient (Wildman–Crippen LogP) is 13.1. The topological polar surface area (TPSA) is 75.3 Å². The summed E-state index contributed by atoms with van der Waals surface area (Å²) in [5.74, 6) is 0.664. The van der Waals surface area contributed by atoms with E-state index in [-0.39, 0.29) is 5.41 Å². The molecule has 59 heavy (non-hydrogen) atoms. The Morgan fingerprint density at radius 1 is 0.390 bits per heavy atom. The zero-order valence-corrected chi connectivity index (χ0v) is 32.6. The van der Waals surface area contributed by atoms with Crippen LogP contribution in [0.1, 0.15) is 30.5 Å². The molecule has 0 unspecified atom stereocenters. The smallest absolute Gasteiger partial charge is 0.160 e. The Morgan fingerprint density at radius 3 is 1.44 bits per heavy atom. The van der Waals surface area contributed by atoms with Crippen molar-refractivity contribution in [3.8, 4) is 95.9 Å². The fraction of sp³-hybridized carbons (Fsp3) is 0.0556. The van der Waals surface area contributed by atoms with Crippen LogP contribution in [-0.2, 0) is 5.41 Å². The van der Waals surface area contributed by atoms with Gasteiger partial charge >= 0.3 is 0 Å². The molecular formula is C54H37N5. The Labute approximate surface area is 344 Å². The van der Waals surface area contributed by atoms with Crippen LogP contribution in [0.15, 0.2) is 188 Å². The van der Waals surface area contributed by atoms with Crippen LogP contribution in [0.4, 0.5) is 0 Å². The van der Waals surface area contributed by atoms with Gasteiger partial charge in [-0.15, -0.1) is 0 Å². The number of fused-ring (bicyclic) bond motifs is 3. The summed E-state index contributed by atoms with van der Waals surface area (Å²) in [6, 6.07) is 63.2. The van der Waals surface area contributed by atoms with Crippen molar-refractivity contribution in [3.05, 3.63) is 205 Å². The van der Waals surface area contributed by atoms with Gasteiger partial charge in [0.1, 0.15) is 0 Å². The van der Waals surface area contributed by atoms with Crippen molar-refractivity contribution in [1.82, 2.24) is 19.9 Å². The lowest BCUT2D eigenvalue weighted by Gasteiger charge is -2.22. The van der Waals surface area contributed by atoms with E-state index >= 15 is 0 Å². The maximum absolute atomic E-state index is 9.75. The Kier molecular flexibility index (Phi) is 8.81. The molecule has 10 rings (SSSR count). The summed E-state index contributed by atoms with van der Waals surface area (Å²) in [4.78, 5) is 19.9. The van der Waals surface area contributed by atoms with Gasteiger partial charge in [-0.2, -0.15) is 5.26 Å². The zero-order valence-electron chi connectivity index (χ0n) is 32.6. The predicted molar refractivity (Wildman–Crippen MR) is 238 cm³/mol. The Bertz CT molecular complexity index is 2800. The molecule has 0 amide bonds. The van der Waals surface area contributed by atoms with Gasteiger partial charge in [-0.1, -0.05) is 105 Å². The third kappa shape index (κ3) is 6.67. The molecule has 0 saturated heterocycles. The lowest BCUT2D eigenvalue weighted by Crippen LogP contribution is -2.15. The summed E-state index contributed by atoms with van der Waals surface area (Å²) in [5.41, 5.74) is 17.8. The molecular weight excluding hydrogens is 719 g/mol. The maximum Gasteiger partial charge on any atom is 0.160 e. The van der Waals surface area contributed by atoms with E-state index in [1.165, 1.54) is 22.3 Å². The molecule has 0 atom stereocenters. The Morgan fingerprint density at radius 2 is 0.864 bits per heavy atom. The summed E-state index contributed by atoms with van der Waals surface area (Å²) in [6.07, 6.45) is 3.67. The first kappa shape index (κ1) is 35.6. The van der Waals surface area contributed by atoms with Crippen LogP contribution in [0.2, 0.25) is 0 Å². The van der Waals surface area contributed by atoms with Gasteiger partial charge in [-0.05, 0) is 129 Å². The highest BCUT2D eigenvalue weighted by atomic mass is 14.9. The Balaban J connectivity index is 1.21. The molecule has 0 aliphatic heterocycles. The third-order valence-corrected chi connectivity index (χ3v) is 11.4. The fourth-order valence-electron chi connectivity index (χ4n) is 8.32. The first-order valence-corrected chi connectivity index (χ1v) is 19.7. The molecule has 0 spiro atoms. The average molecular weight is 756 g/mol. The second-order valence-electron chi connectivity index (χ2n) is 15.5. The summed E-state index contributed by atoms with van der Waals surface area (Å²) >= 11 is 0. The lowest BCUT2D eigenvalue weighted by atomic mass is 9.81. The van der Waals surface area contributed by atoms with Gasteiger partial charge in [0.2, 0.25) is 0 Å². The third-order valence-electron chi connectivity index (χ3n) is 11.4. The highest BCUT2D eigenvalue weighted by Gasteiger charge is 2.36. The van der Waals surface area contributed by atoms with E-state index in [9.17, 15) is 5.26 Å². The number of aromatic nitrogens is 4. The lowest BCUT2D eigenvalue weighted by molar-refractivity contribution is 0.660. The van der Waals surface area contributed by atoms with Crippen LogP contribution in [0, 0.1) is 11.3 Å². The van der Waals surface area contributed by atoms with E-state index in [4.69, 9.17) is 19.9 Å². The molecule has 0 fully saturated rings. The normalized spacial score (nSPS) is 12.4. The molecule has 5 heteroatoms. The van der Waals surface area contributed by atoms with Crippen LogP contribution >= 0.6 is 0 Å². The van der Waals surface area contributed by atoms with Crippen molar-refractivity contribution in [2.75, 3.05) is 0 Å². The van der Waals surface area contributed by atoms with Crippen LogP contribution in [0.3, 0.4) is 0 Å². The van der Waals surface area contributed by atoms with Gasteiger partial charge in [0, 0.05) is 45.6 Å². The number of rotatable bonds is 7. The van der Waals surface area contributed by atoms with Crippen LogP contribution in [0.5, 0.6) is 0 Å². The van der Waals surface area contributed by atoms with Crippen molar-refractivity contribution in [1.29, 1.82) is 5.26 Å². The first-order valence-electron chi connectivity index (χ1n) is 19.7. The molecule has 0 bridgehead atoms. The largest absolute Gasteiger partial charge is 0.256 e. The SMILES string of the molecule is CC1(C)c2cc(C#N)ccc2-c2ccc(-c3cc(-c4cc(-c5ccccn5)cc(-c5ccccn5)c4)cc(-c4cc(-c5ccccc5)nc(-c5ccccc5)n4)c3)cc21. The molecule has 1 aliphatic carbocycles. The average Bonchev–Trinajstić information content (AvgIpc) is 3.54. The summed E-state index contributed by atoms with van der Waals surface area (Å²) in [5, 5.41) is 9.75. The first-order chi connectivity index (χ1) is 28.9. The monoisotopic (exact) mass is 755 g/mol. The van der Waals surface area contributed by atoms with E-state index in [2.05, 4.69) is 111 Å². The standard InChI is InChI=1S/C54H37N5/c1-54(2)47-25-35(34-55)19-21-45(47)46-22-20-38(32-48(46)54)39-26-40(41-28-42(49-17-9-11-23-56-49)31-43(29-41)50-18-10-12-24-57-50)30-44(27-39)52-33-51(36-13-5-3-6-14-36)58-53(59-52)37-15-7-4-8-16-37/h3-33H,1-2H3. The minimum absolute atomic E-state index is 0.287. The molecule has 5 nitrogen and oxygen atoms in total. The quantitative estimate of drug-likeness (QED) is 0.162. The van der Waals surface area contributed by atoms with Gasteiger partial charge in [0.15, 0.2) is 5.82 Å². The van der Waals surface area contributed by atoms with E-state index in [1.807, 2.05) is 97.3 Å². The molecule has 0 N–H and O–H groups in total. The molecule has 6 aromatic carbocycles. The molecule has 1 aliphatic rings. The minimum Gasteiger partial charge on any atom is -0.256 e. The van der Waals surface area contributed by atoms with Gasteiger partial charge in [0.05, 0.1) is 34.4 Å². The van der Waals surface area contributed by atoms with Crippen LogP contribution < -0.4 is 0 Å². The second-order valence-corrected chi connectivity index (χ2v) is 15.5. The molecule has 3 heterocycles. The van der Waals surface area contributed by atoms with Gasteiger partial charge in [-0.25, -0.2) is 9.97 Å². The molecule has 278 valence electrons. The molecule has 0 radical (unpaired) electrons. The fourth-order valence-corrected chi connectivity index (χ4v) is 8.32. The minimum atomic E-state index is -0.287. The van der Waals surface area contributed by atoms with Crippen molar-refractivity contribution < 1.29 is 0 Å². The zero-order chi connectivity index (χ0) is 39.9. The van der Waals surface area contributed by atoms with Crippen molar-refractivity contribution in [3.63, 3.8) is 0 Å². The number of nitrogens with zero attached hydrogens (tertiary/aromatic N) is 5. The maximum atomic E-state index is 9.75. The van der Waals surface area contributed by atoms with Crippen molar-refractivity contribution in [2.24, 2.45) is 0 Å². The number of nitriles is 1. The molecule has 3 aromatic heterocycles. The van der Waals surface area contributed by atoms with Crippen molar-refractivity contribution in [2.45, 2.75) is 19.3 Å². The van der Waals surface area contributed by atoms with Crippen LogP contribution in [0.25, 0.3) is 89.8 Å². The van der Waals surface area contributed by atoms with E-state index in [1.54, 1.807) is 0 Å². The Hall–Kier alpha value is -7.81. The summed E-state index contributed by atoms with van der Waals surface area (Å²) in [7, 11) is 0. The van der Waals surface area contributed by atoms with E-state index in [0.29, 0.717) is 11.4 Å². The number of pyridine rings is 2. The summed E-state index contributed by atoms with van der Waals surface area (Å²) in [6.45, 7) is 4.51. The number of hydrogen-bond donors (Lipinski definition) is 0. The van der Waals surface area contributed by atoms with Gasteiger partial charge < -0.3 is 0 Å². The number of hydrogen-bond acceptors (Lipinski definition) is 5. The van der Waals surface area contributed by atoms with Gasteiger partial charge in [0.25, 0.3) is 0 Å². The van der Waals surface area contributed by atoms with E-state index in [0.717, 1.165) is 72.8 Å². The second kappa shape index (κ2) is 14.6. The molecule has 9 aromatic rings. The van der Waals surface area contributed by atoms with Gasteiger partial charge in [-0.3, -0.25) is 9.97 Å². The van der Waals surface area contributed by atoms with E-state index < -0.39 is 0 Å². The highest BCUT2D eigenvalue weighted by Crippen LogP contribution is 2.50. The highest BCUT2D eigenvalue weighted by molar-refractivity contribution is 5.88. The summed E-state index contributed by atoms with van der Waals surface area (Å²) < 4.78 is 0.